The Balaban J connectivity index is 2.60. The fourth-order valence-corrected chi connectivity index (χ4v) is 1.47. The lowest BCUT2D eigenvalue weighted by Crippen LogP contribution is -2.14. The van der Waals surface area contributed by atoms with Gasteiger partial charge in [-0.15, -0.1) is 0 Å². The van der Waals surface area contributed by atoms with Crippen LogP contribution in [-0.2, 0) is 11.8 Å². The summed E-state index contributed by atoms with van der Waals surface area (Å²) in [5.41, 5.74) is 0.259. The summed E-state index contributed by atoms with van der Waals surface area (Å²) in [5, 5.41) is 0. The van der Waals surface area contributed by atoms with E-state index in [-0.39, 0.29) is 10.8 Å². The summed E-state index contributed by atoms with van der Waals surface area (Å²) in [4.78, 5) is 4.33. The van der Waals surface area contributed by atoms with Gasteiger partial charge in [-0.25, -0.2) is 4.98 Å². The summed E-state index contributed by atoms with van der Waals surface area (Å²) >= 11 is 4.35. The first-order chi connectivity index (χ1) is 7.24. The van der Waals surface area contributed by atoms with Crippen LogP contribution in [0.1, 0.15) is 52.7 Å². The first kappa shape index (κ1) is 13.6. The highest BCUT2D eigenvalue weighted by atomic mass is 32.1. The molecule has 0 amide bonds. The van der Waals surface area contributed by atoms with Gasteiger partial charge in [0.15, 0.2) is 5.89 Å². The third-order valence-electron chi connectivity index (χ3n) is 2.67. The third-order valence-corrected chi connectivity index (χ3v) is 3.53. The normalized spacial score (nSPS) is 13.1. The summed E-state index contributed by atoms with van der Waals surface area (Å²) in [7, 11) is 0. The number of hydrogen-bond acceptors (Lipinski definition) is 3. The summed E-state index contributed by atoms with van der Waals surface area (Å²) in [6, 6.07) is 0. The molecule has 16 heavy (non-hydrogen) atoms. The van der Waals surface area contributed by atoms with Gasteiger partial charge in [0.05, 0.1) is 6.20 Å². The second kappa shape index (κ2) is 4.82. The van der Waals surface area contributed by atoms with Gasteiger partial charge >= 0.3 is 0 Å². The third kappa shape index (κ3) is 3.85. The molecular weight excluding hydrogens is 218 g/mol. The monoisotopic (exact) mass is 241 g/mol. The van der Waals surface area contributed by atoms with E-state index in [9.17, 15) is 0 Å². The highest BCUT2D eigenvalue weighted by Crippen LogP contribution is 2.26. The molecule has 0 aliphatic rings. The molecule has 0 fully saturated rings. The number of nitrogens with zero attached hydrogens (tertiary/aromatic N) is 1. The molecule has 0 N–H and O–H groups in total. The van der Waals surface area contributed by atoms with Gasteiger partial charge in [0, 0.05) is 11.8 Å². The number of aromatic nitrogens is 1. The molecule has 1 aromatic rings. The van der Waals surface area contributed by atoms with Gasteiger partial charge in [-0.3, -0.25) is 0 Å². The molecule has 92 valence electrons. The Kier molecular flexibility index (Phi) is 4.11. The predicted molar refractivity (Wildman–Crippen MR) is 71.2 cm³/mol. The topological polar surface area (TPSA) is 26.0 Å². The largest absolute Gasteiger partial charge is 0.445 e. The SMILES string of the molecule is CC(C)(CS)CCc1cnc(C(C)(C)C)o1. The van der Waals surface area contributed by atoms with E-state index in [0.717, 1.165) is 30.2 Å². The number of hydrogen-bond donors (Lipinski definition) is 1. The minimum atomic E-state index is -0.00266. The molecule has 1 aromatic heterocycles. The molecule has 3 heteroatoms. The van der Waals surface area contributed by atoms with Crippen molar-refractivity contribution in [2.24, 2.45) is 5.41 Å². The zero-order valence-electron chi connectivity index (χ0n) is 11.0. The maximum absolute atomic E-state index is 5.75. The highest BCUT2D eigenvalue weighted by molar-refractivity contribution is 7.80. The standard InChI is InChI=1S/C13H23NOS/c1-12(2,3)11-14-8-10(15-11)6-7-13(4,5)9-16/h8,16H,6-7,9H2,1-5H3. The van der Waals surface area contributed by atoms with Crippen LogP contribution in [0.5, 0.6) is 0 Å². The van der Waals surface area contributed by atoms with Crippen molar-refractivity contribution in [3.05, 3.63) is 17.8 Å². The fourth-order valence-electron chi connectivity index (χ4n) is 1.31. The van der Waals surface area contributed by atoms with Crippen molar-refractivity contribution < 1.29 is 4.42 Å². The minimum Gasteiger partial charge on any atom is -0.445 e. The predicted octanol–water partition coefficient (Wildman–Crippen LogP) is 3.86. The van der Waals surface area contributed by atoms with Gasteiger partial charge in [0.1, 0.15) is 5.76 Å². The molecule has 1 rings (SSSR count). The molecule has 0 radical (unpaired) electrons. The Labute approximate surface area is 104 Å². The molecule has 2 nitrogen and oxygen atoms in total. The van der Waals surface area contributed by atoms with Crippen molar-refractivity contribution in [3.8, 4) is 0 Å². The van der Waals surface area contributed by atoms with Crippen molar-refractivity contribution in [2.75, 3.05) is 5.75 Å². The quantitative estimate of drug-likeness (QED) is 0.810. The van der Waals surface area contributed by atoms with Gasteiger partial charge < -0.3 is 4.42 Å². The second-order valence-corrected chi connectivity index (χ2v) is 6.52. The van der Waals surface area contributed by atoms with Crippen molar-refractivity contribution >= 4 is 12.6 Å². The lowest BCUT2D eigenvalue weighted by atomic mass is 9.90. The van der Waals surface area contributed by atoms with E-state index in [1.54, 1.807) is 0 Å². The molecule has 0 unspecified atom stereocenters. The van der Waals surface area contributed by atoms with Gasteiger partial charge in [-0.2, -0.15) is 12.6 Å². The number of rotatable bonds is 4. The van der Waals surface area contributed by atoms with Gasteiger partial charge in [-0.05, 0) is 17.6 Å². The molecular formula is C13H23NOS. The van der Waals surface area contributed by atoms with Crippen LogP contribution >= 0.6 is 12.6 Å². The Morgan fingerprint density at radius 3 is 2.31 bits per heavy atom. The number of thiol groups is 1. The minimum absolute atomic E-state index is 0.00266. The molecule has 0 aliphatic heterocycles. The van der Waals surface area contributed by atoms with Gasteiger partial charge in [0.25, 0.3) is 0 Å². The maximum Gasteiger partial charge on any atom is 0.199 e. The smallest absolute Gasteiger partial charge is 0.199 e. The molecule has 0 bridgehead atoms. The van der Waals surface area contributed by atoms with E-state index in [0.29, 0.717) is 0 Å². The zero-order chi connectivity index (χ0) is 12.4. The second-order valence-electron chi connectivity index (χ2n) is 6.20. The van der Waals surface area contributed by atoms with Crippen LogP contribution in [0.25, 0.3) is 0 Å². The van der Waals surface area contributed by atoms with Gasteiger partial charge in [0.2, 0.25) is 0 Å². The molecule has 1 heterocycles. The van der Waals surface area contributed by atoms with E-state index in [4.69, 9.17) is 4.42 Å². The summed E-state index contributed by atoms with van der Waals surface area (Å²) < 4.78 is 5.75. The van der Waals surface area contributed by atoms with Crippen LogP contribution in [0.4, 0.5) is 0 Å². The van der Waals surface area contributed by atoms with Crippen molar-refractivity contribution in [1.82, 2.24) is 4.98 Å². The van der Waals surface area contributed by atoms with Crippen LogP contribution in [0.3, 0.4) is 0 Å². The summed E-state index contributed by atoms with van der Waals surface area (Å²) in [5.74, 6) is 2.71. The lowest BCUT2D eigenvalue weighted by molar-refractivity contribution is 0.340. The average molecular weight is 241 g/mol. The first-order valence-electron chi connectivity index (χ1n) is 5.81. The number of oxazole rings is 1. The highest BCUT2D eigenvalue weighted by Gasteiger charge is 2.21. The maximum atomic E-state index is 5.75. The first-order valence-corrected chi connectivity index (χ1v) is 6.44. The van der Waals surface area contributed by atoms with E-state index in [2.05, 4.69) is 52.2 Å². The van der Waals surface area contributed by atoms with Crippen LogP contribution in [0, 0.1) is 5.41 Å². The Morgan fingerprint density at radius 2 is 1.88 bits per heavy atom. The lowest BCUT2D eigenvalue weighted by Gasteiger charge is -2.20. The van der Waals surface area contributed by atoms with Crippen LogP contribution in [0.15, 0.2) is 10.6 Å². The zero-order valence-corrected chi connectivity index (χ0v) is 11.9. The molecule has 0 saturated heterocycles. The Hall–Kier alpha value is -0.440. The van der Waals surface area contributed by atoms with Crippen LogP contribution in [0.2, 0.25) is 0 Å². The van der Waals surface area contributed by atoms with Crippen molar-refractivity contribution in [1.29, 1.82) is 0 Å². The van der Waals surface area contributed by atoms with Crippen LogP contribution < -0.4 is 0 Å². The van der Waals surface area contributed by atoms with Gasteiger partial charge in [-0.1, -0.05) is 34.6 Å². The summed E-state index contributed by atoms with van der Waals surface area (Å²) in [6.07, 6.45) is 3.88. The summed E-state index contributed by atoms with van der Waals surface area (Å²) in [6.45, 7) is 10.8. The molecule has 0 aliphatic carbocycles. The van der Waals surface area contributed by atoms with E-state index >= 15 is 0 Å². The van der Waals surface area contributed by atoms with Crippen LogP contribution in [-0.4, -0.2) is 10.7 Å². The average Bonchev–Trinajstić information content (AvgIpc) is 2.63. The molecule has 0 aromatic carbocycles. The van der Waals surface area contributed by atoms with E-state index in [1.165, 1.54) is 0 Å². The van der Waals surface area contributed by atoms with Crippen molar-refractivity contribution in [3.63, 3.8) is 0 Å². The fraction of sp³-hybridized carbons (Fsp3) is 0.769. The molecule has 0 atom stereocenters. The molecule has 0 saturated carbocycles. The molecule has 0 spiro atoms. The van der Waals surface area contributed by atoms with Crippen molar-refractivity contribution in [2.45, 2.75) is 52.9 Å². The Morgan fingerprint density at radius 1 is 1.25 bits per heavy atom. The van der Waals surface area contributed by atoms with E-state index < -0.39 is 0 Å². The number of aryl methyl sites for hydroxylation is 1. The Bertz CT molecular complexity index is 336. The van der Waals surface area contributed by atoms with E-state index in [1.807, 2.05) is 6.20 Å².